The largest absolute Gasteiger partial charge is 0.478 e. The number of aromatic nitrogens is 1. The number of ether oxygens (including phenoxy) is 1. The lowest BCUT2D eigenvalue weighted by molar-refractivity contribution is -0.152. The van der Waals surface area contributed by atoms with E-state index in [9.17, 15) is 14.7 Å². The molecule has 0 radical (unpaired) electrons. The number of carbonyl (C=O) groups excluding carboxylic acids is 1. The smallest absolute Gasteiger partial charge is 0.347 e. The van der Waals surface area contributed by atoms with E-state index in [4.69, 9.17) is 14.1 Å². The van der Waals surface area contributed by atoms with Crippen molar-refractivity contribution in [1.82, 2.24) is 15.2 Å². The van der Waals surface area contributed by atoms with E-state index in [2.05, 4.69) is 5.32 Å². The van der Waals surface area contributed by atoms with Crippen LogP contribution >= 0.6 is 0 Å². The molecular formula is C29H35N3O5. The summed E-state index contributed by atoms with van der Waals surface area (Å²) in [6.45, 7) is 9.95. The van der Waals surface area contributed by atoms with Crippen molar-refractivity contribution in [2.24, 2.45) is 0 Å². The topological polar surface area (TPSA) is 105 Å². The number of aryl methyl sites for hydroxylation is 3. The second-order valence-corrected chi connectivity index (χ2v) is 10.4. The predicted octanol–water partition coefficient (Wildman–Crippen LogP) is 4.79. The predicted molar refractivity (Wildman–Crippen MR) is 140 cm³/mol. The first kappa shape index (κ1) is 26.4. The van der Waals surface area contributed by atoms with Gasteiger partial charge in [0.1, 0.15) is 11.5 Å². The van der Waals surface area contributed by atoms with E-state index in [0.29, 0.717) is 24.7 Å². The fraction of sp³-hybridized carbons (Fsp3) is 0.414. The van der Waals surface area contributed by atoms with Crippen LogP contribution in [0.2, 0.25) is 0 Å². The number of carboxylic acids is 1. The van der Waals surface area contributed by atoms with Crippen molar-refractivity contribution in [3.8, 4) is 17.2 Å². The third kappa shape index (κ3) is 6.77. The van der Waals surface area contributed by atoms with Gasteiger partial charge in [0.25, 0.3) is 0 Å². The number of amides is 1. The molecule has 1 fully saturated rings. The summed E-state index contributed by atoms with van der Waals surface area (Å²) in [7, 11) is 0. The van der Waals surface area contributed by atoms with Gasteiger partial charge >= 0.3 is 5.97 Å². The second kappa shape index (κ2) is 10.8. The van der Waals surface area contributed by atoms with Crippen LogP contribution in [0.4, 0.5) is 0 Å². The Kier molecular flexibility index (Phi) is 7.68. The highest BCUT2D eigenvalue weighted by molar-refractivity contribution is 5.78. The number of benzene rings is 2. The minimum atomic E-state index is -1.34. The number of hydrogen-bond acceptors (Lipinski definition) is 6. The van der Waals surface area contributed by atoms with Gasteiger partial charge in [-0.05, 0) is 76.3 Å². The van der Waals surface area contributed by atoms with Crippen molar-refractivity contribution in [1.29, 1.82) is 0 Å². The molecule has 0 atom stereocenters. The minimum absolute atomic E-state index is 0.0106. The molecule has 0 aliphatic heterocycles. The molecule has 2 N–H and O–H groups in total. The summed E-state index contributed by atoms with van der Waals surface area (Å²) in [4.78, 5) is 31.1. The zero-order valence-corrected chi connectivity index (χ0v) is 22.1. The van der Waals surface area contributed by atoms with Gasteiger partial charge in [-0.15, -0.1) is 0 Å². The van der Waals surface area contributed by atoms with Gasteiger partial charge in [-0.1, -0.05) is 30.3 Å². The molecule has 4 rings (SSSR count). The van der Waals surface area contributed by atoms with Gasteiger partial charge in [-0.3, -0.25) is 9.69 Å². The highest BCUT2D eigenvalue weighted by atomic mass is 16.5. The van der Waals surface area contributed by atoms with Crippen molar-refractivity contribution in [2.45, 2.75) is 72.2 Å². The number of rotatable bonds is 11. The highest BCUT2D eigenvalue weighted by Gasteiger charge is 2.31. The van der Waals surface area contributed by atoms with Gasteiger partial charge in [0.05, 0.1) is 12.2 Å². The van der Waals surface area contributed by atoms with Gasteiger partial charge in [-0.25, -0.2) is 9.78 Å². The van der Waals surface area contributed by atoms with E-state index < -0.39 is 11.6 Å². The van der Waals surface area contributed by atoms with E-state index in [1.807, 2.05) is 68.1 Å². The fourth-order valence-corrected chi connectivity index (χ4v) is 4.21. The SMILES string of the molecule is Cc1cc(CN(CC(=O)NC2CC2)Cc2nc(-c3ccccc3)oc2C)cc(C)c1OC(C)(C)C(=O)O. The standard InChI is InChI=1S/C29H35N3O5/c1-18-13-21(14-19(2)26(18)37-29(4,5)28(34)35)15-32(17-25(33)30-23-11-12-23)16-24-20(3)36-27(31-24)22-9-7-6-8-10-22/h6-10,13-14,23H,11-12,15-17H2,1-5H3,(H,30,33)(H,34,35). The molecule has 0 saturated heterocycles. The quantitative estimate of drug-likeness (QED) is 0.386. The Hall–Kier alpha value is -3.65. The maximum Gasteiger partial charge on any atom is 0.347 e. The Bertz CT molecular complexity index is 1250. The minimum Gasteiger partial charge on any atom is -0.478 e. The van der Waals surface area contributed by atoms with Crippen LogP contribution in [0.15, 0.2) is 46.9 Å². The molecule has 0 bridgehead atoms. The molecule has 1 aliphatic carbocycles. The normalized spacial score (nSPS) is 13.6. The van der Waals surface area contributed by atoms with Crippen molar-refractivity contribution in [3.05, 3.63) is 70.6 Å². The Labute approximate surface area is 217 Å². The van der Waals surface area contributed by atoms with Crippen molar-refractivity contribution in [2.75, 3.05) is 6.54 Å². The maximum atomic E-state index is 12.7. The Morgan fingerprint density at radius 1 is 1.11 bits per heavy atom. The summed E-state index contributed by atoms with van der Waals surface area (Å²) < 4.78 is 11.8. The third-order valence-electron chi connectivity index (χ3n) is 6.40. The van der Waals surface area contributed by atoms with Crippen LogP contribution in [0.25, 0.3) is 11.5 Å². The zero-order valence-electron chi connectivity index (χ0n) is 22.1. The molecule has 1 saturated carbocycles. The molecule has 1 heterocycles. The monoisotopic (exact) mass is 505 g/mol. The summed E-state index contributed by atoms with van der Waals surface area (Å²) in [5.74, 6) is 0.807. The fourth-order valence-electron chi connectivity index (χ4n) is 4.21. The van der Waals surface area contributed by atoms with E-state index >= 15 is 0 Å². The highest BCUT2D eigenvalue weighted by Crippen LogP contribution is 2.30. The van der Waals surface area contributed by atoms with Gasteiger partial charge in [0, 0.05) is 24.7 Å². The molecule has 8 heteroatoms. The molecule has 3 aromatic rings. The number of nitrogens with one attached hydrogen (secondary N) is 1. The molecule has 1 aromatic heterocycles. The van der Waals surface area contributed by atoms with Crippen LogP contribution < -0.4 is 10.1 Å². The second-order valence-electron chi connectivity index (χ2n) is 10.4. The van der Waals surface area contributed by atoms with E-state index in [0.717, 1.165) is 46.5 Å². The molecule has 0 unspecified atom stereocenters. The summed E-state index contributed by atoms with van der Waals surface area (Å²) in [5.41, 5.74) is 3.03. The Morgan fingerprint density at radius 3 is 2.35 bits per heavy atom. The van der Waals surface area contributed by atoms with Crippen LogP contribution in [-0.2, 0) is 22.7 Å². The average molecular weight is 506 g/mol. The average Bonchev–Trinajstić information content (AvgIpc) is 3.57. The lowest BCUT2D eigenvalue weighted by Crippen LogP contribution is -2.38. The molecule has 0 spiro atoms. The van der Waals surface area contributed by atoms with E-state index in [-0.39, 0.29) is 18.5 Å². The Balaban J connectivity index is 1.56. The van der Waals surface area contributed by atoms with Crippen molar-refractivity contribution in [3.63, 3.8) is 0 Å². The van der Waals surface area contributed by atoms with E-state index in [1.165, 1.54) is 13.8 Å². The number of oxazole rings is 1. The lowest BCUT2D eigenvalue weighted by Gasteiger charge is -2.26. The molecule has 1 amide bonds. The van der Waals surface area contributed by atoms with Gasteiger partial charge in [-0.2, -0.15) is 0 Å². The van der Waals surface area contributed by atoms with Gasteiger partial charge in [0.15, 0.2) is 5.60 Å². The number of nitrogens with zero attached hydrogens (tertiary/aromatic N) is 2. The van der Waals surface area contributed by atoms with Crippen LogP contribution in [0.1, 0.15) is 54.8 Å². The summed E-state index contributed by atoms with van der Waals surface area (Å²) >= 11 is 0. The number of aliphatic carboxylic acids is 1. The Morgan fingerprint density at radius 2 is 1.76 bits per heavy atom. The van der Waals surface area contributed by atoms with Gasteiger partial charge in [0.2, 0.25) is 11.8 Å². The summed E-state index contributed by atoms with van der Waals surface area (Å²) in [6.07, 6.45) is 2.06. The lowest BCUT2D eigenvalue weighted by atomic mass is 10.0. The molecule has 196 valence electrons. The summed E-state index contributed by atoms with van der Waals surface area (Å²) in [5, 5.41) is 12.5. The molecule has 2 aromatic carbocycles. The van der Waals surface area contributed by atoms with Crippen LogP contribution in [0.3, 0.4) is 0 Å². The van der Waals surface area contributed by atoms with Crippen LogP contribution in [-0.4, -0.2) is 45.1 Å². The molecule has 8 nitrogen and oxygen atoms in total. The zero-order chi connectivity index (χ0) is 26.7. The van der Waals surface area contributed by atoms with Crippen molar-refractivity contribution >= 4 is 11.9 Å². The number of hydrogen-bond donors (Lipinski definition) is 2. The molecule has 1 aliphatic rings. The first-order valence-corrected chi connectivity index (χ1v) is 12.6. The molecule has 37 heavy (non-hydrogen) atoms. The summed E-state index contributed by atoms with van der Waals surface area (Å²) in [6, 6.07) is 14.0. The first-order chi connectivity index (χ1) is 17.5. The van der Waals surface area contributed by atoms with Crippen LogP contribution in [0, 0.1) is 20.8 Å². The van der Waals surface area contributed by atoms with Gasteiger partial charge < -0.3 is 19.6 Å². The number of carbonyl (C=O) groups is 2. The maximum absolute atomic E-state index is 12.7. The molecular weight excluding hydrogens is 470 g/mol. The van der Waals surface area contributed by atoms with Crippen molar-refractivity contribution < 1.29 is 23.8 Å². The number of carboxylic acid groups (broad SMARTS) is 1. The third-order valence-corrected chi connectivity index (χ3v) is 6.40. The van der Waals surface area contributed by atoms with Crippen LogP contribution in [0.5, 0.6) is 5.75 Å². The first-order valence-electron chi connectivity index (χ1n) is 12.6. The van der Waals surface area contributed by atoms with E-state index in [1.54, 1.807) is 0 Å².